The molecule has 0 unspecified atom stereocenters. The number of anilines is 1. The summed E-state index contributed by atoms with van der Waals surface area (Å²) in [5.41, 5.74) is 2.46. The Balaban J connectivity index is 2.03. The van der Waals surface area contributed by atoms with Crippen molar-refractivity contribution in [1.29, 1.82) is 0 Å². The highest BCUT2D eigenvalue weighted by molar-refractivity contribution is 6.28. The molecule has 1 aromatic carbocycles. The first-order valence-electron chi connectivity index (χ1n) is 5.98. The molecule has 6 heteroatoms. The summed E-state index contributed by atoms with van der Waals surface area (Å²) in [7, 11) is 1.49. The Bertz CT molecular complexity index is 545. The number of hydrogen-bond donors (Lipinski definition) is 1. The predicted molar refractivity (Wildman–Crippen MR) is 74.5 cm³/mol. The first kappa shape index (κ1) is 13.5. The highest BCUT2D eigenvalue weighted by Crippen LogP contribution is 2.12. The third-order valence-corrected chi connectivity index (χ3v) is 2.82. The van der Waals surface area contributed by atoms with E-state index in [0.29, 0.717) is 12.5 Å². The molecule has 0 aliphatic heterocycles. The third kappa shape index (κ3) is 3.79. The molecule has 0 aliphatic carbocycles. The lowest BCUT2D eigenvalue weighted by molar-refractivity contribution is 0.379. The number of halogens is 1. The molecule has 0 atom stereocenters. The molecule has 0 spiro atoms. The summed E-state index contributed by atoms with van der Waals surface area (Å²) in [5.74, 6) is 0.399. The van der Waals surface area contributed by atoms with Crippen LogP contribution in [0, 0.1) is 0 Å². The van der Waals surface area contributed by atoms with E-state index in [2.05, 4.69) is 51.5 Å². The van der Waals surface area contributed by atoms with Crippen molar-refractivity contribution in [3.8, 4) is 6.01 Å². The zero-order valence-corrected chi connectivity index (χ0v) is 11.6. The average Bonchev–Trinajstić information content (AvgIpc) is 2.45. The number of ether oxygens (including phenoxy) is 1. The number of nitrogens with one attached hydrogen (secondary N) is 1. The lowest BCUT2D eigenvalue weighted by Crippen LogP contribution is -2.06. The maximum atomic E-state index is 5.77. The van der Waals surface area contributed by atoms with Crippen LogP contribution in [0.25, 0.3) is 0 Å². The molecule has 2 aromatic rings. The topological polar surface area (TPSA) is 59.9 Å². The Labute approximate surface area is 117 Å². The maximum Gasteiger partial charge on any atom is 0.322 e. The normalized spacial score (nSPS) is 10.3. The van der Waals surface area contributed by atoms with Gasteiger partial charge in [-0.05, 0) is 29.1 Å². The second-order valence-corrected chi connectivity index (χ2v) is 4.28. The fraction of sp³-hybridized carbons (Fsp3) is 0.308. The Hall–Kier alpha value is -1.88. The second-order valence-electron chi connectivity index (χ2n) is 3.94. The lowest BCUT2D eigenvalue weighted by Gasteiger charge is -2.06. The van der Waals surface area contributed by atoms with Crippen LogP contribution in [0.2, 0.25) is 5.28 Å². The number of benzene rings is 1. The fourth-order valence-corrected chi connectivity index (χ4v) is 1.73. The van der Waals surface area contributed by atoms with Gasteiger partial charge in [-0.25, -0.2) is 0 Å². The molecule has 0 radical (unpaired) electrons. The van der Waals surface area contributed by atoms with Crippen LogP contribution >= 0.6 is 11.6 Å². The first-order valence-corrected chi connectivity index (χ1v) is 6.36. The van der Waals surface area contributed by atoms with Gasteiger partial charge in [0.05, 0.1) is 7.11 Å². The number of methoxy groups -OCH3 is 1. The van der Waals surface area contributed by atoms with Crippen LogP contribution in [0.1, 0.15) is 18.1 Å². The number of rotatable bonds is 5. The largest absolute Gasteiger partial charge is 0.467 e. The molecular formula is C13H15ClN4O. The molecular weight excluding hydrogens is 264 g/mol. The van der Waals surface area contributed by atoms with Crippen LogP contribution in [0.5, 0.6) is 6.01 Å². The van der Waals surface area contributed by atoms with Crippen LogP contribution in [-0.2, 0) is 13.0 Å². The molecule has 1 N–H and O–H groups in total. The van der Waals surface area contributed by atoms with Crippen molar-refractivity contribution in [1.82, 2.24) is 15.0 Å². The summed E-state index contributed by atoms with van der Waals surface area (Å²) in [6.45, 7) is 2.75. The predicted octanol–water partition coefficient (Wildman–Crippen LogP) is 2.71. The van der Waals surface area contributed by atoms with Gasteiger partial charge in [0, 0.05) is 6.54 Å². The minimum absolute atomic E-state index is 0.107. The van der Waals surface area contributed by atoms with Gasteiger partial charge in [-0.2, -0.15) is 15.0 Å². The van der Waals surface area contributed by atoms with Crippen LogP contribution in [0.15, 0.2) is 24.3 Å². The van der Waals surface area contributed by atoms with Crippen LogP contribution in [0.4, 0.5) is 5.95 Å². The second kappa shape index (κ2) is 6.33. The summed E-state index contributed by atoms with van der Waals surface area (Å²) in [5, 5.41) is 3.19. The molecule has 0 saturated carbocycles. The number of aromatic nitrogens is 3. The van der Waals surface area contributed by atoms with Gasteiger partial charge in [-0.1, -0.05) is 31.2 Å². The maximum absolute atomic E-state index is 5.77. The van der Waals surface area contributed by atoms with E-state index in [-0.39, 0.29) is 11.3 Å². The molecule has 0 aliphatic rings. The minimum Gasteiger partial charge on any atom is -0.467 e. The van der Waals surface area contributed by atoms with Gasteiger partial charge in [-0.15, -0.1) is 0 Å². The zero-order chi connectivity index (χ0) is 13.7. The van der Waals surface area contributed by atoms with Crippen LogP contribution in [-0.4, -0.2) is 22.1 Å². The molecule has 2 rings (SSSR count). The van der Waals surface area contributed by atoms with E-state index in [4.69, 9.17) is 16.3 Å². The molecule has 1 heterocycles. The molecule has 0 amide bonds. The highest BCUT2D eigenvalue weighted by atomic mass is 35.5. The SMILES string of the molecule is CCc1ccc(CNc2nc(Cl)nc(OC)n2)cc1. The summed E-state index contributed by atoms with van der Waals surface area (Å²) >= 11 is 5.77. The van der Waals surface area contributed by atoms with Gasteiger partial charge in [0.15, 0.2) is 0 Å². The lowest BCUT2D eigenvalue weighted by atomic mass is 10.1. The monoisotopic (exact) mass is 278 g/mol. The van der Waals surface area contributed by atoms with Crippen molar-refractivity contribution in [3.05, 3.63) is 40.7 Å². The van der Waals surface area contributed by atoms with Gasteiger partial charge >= 0.3 is 6.01 Å². The number of aryl methyl sites for hydroxylation is 1. The smallest absolute Gasteiger partial charge is 0.322 e. The quantitative estimate of drug-likeness (QED) is 0.911. The Kier molecular flexibility index (Phi) is 4.52. The molecule has 0 fully saturated rings. The van der Waals surface area contributed by atoms with Crippen molar-refractivity contribution in [3.63, 3.8) is 0 Å². The average molecular weight is 279 g/mol. The van der Waals surface area contributed by atoms with Gasteiger partial charge < -0.3 is 10.1 Å². The first-order chi connectivity index (χ1) is 9.21. The van der Waals surface area contributed by atoms with E-state index < -0.39 is 0 Å². The summed E-state index contributed by atoms with van der Waals surface area (Å²) < 4.78 is 4.93. The van der Waals surface area contributed by atoms with Crippen molar-refractivity contribution < 1.29 is 4.74 Å². The Morgan fingerprint density at radius 3 is 2.42 bits per heavy atom. The van der Waals surface area contributed by atoms with Gasteiger partial charge in [-0.3, -0.25) is 0 Å². The summed E-state index contributed by atoms with van der Waals surface area (Å²) in [4.78, 5) is 11.9. The summed E-state index contributed by atoms with van der Waals surface area (Å²) in [6.07, 6.45) is 1.04. The third-order valence-electron chi connectivity index (χ3n) is 2.65. The van der Waals surface area contributed by atoms with E-state index in [1.54, 1.807) is 0 Å². The Morgan fingerprint density at radius 2 is 1.79 bits per heavy atom. The Morgan fingerprint density at radius 1 is 1.11 bits per heavy atom. The zero-order valence-electron chi connectivity index (χ0n) is 10.9. The minimum atomic E-state index is 0.107. The molecule has 100 valence electrons. The molecule has 5 nitrogen and oxygen atoms in total. The highest BCUT2D eigenvalue weighted by Gasteiger charge is 2.04. The fourth-order valence-electron chi connectivity index (χ4n) is 1.58. The van der Waals surface area contributed by atoms with E-state index in [0.717, 1.165) is 12.0 Å². The van der Waals surface area contributed by atoms with Crippen molar-refractivity contribution in [2.24, 2.45) is 0 Å². The van der Waals surface area contributed by atoms with E-state index in [1.165, 1.54) is 12.7 Å². The van der Waals surface area contributed by atoms with E-state index in [9.17, 15) is 0 Å². The molecule has 0 bridgehead atoms. The van der Waals surface area contributed by atoms with E-state index >= 15 is 0 Å². The van der Waals surface area contributed by atoms with Crippen molar-refractivity contribution in [2.45, 2.75) is 19.9 Å². The molecule has 19 heavy (non-hydrogen) atoms. The van der Waals surface area contributed by atoms with Crippen molar-refractivity contribution >= 4 is 17.5 Å². The number of hydrogen-bond acceptors (Lipinski definition) is 5. The van der Waals surface area contributed by atoms with Gasteiger partial charge in [0.25, 0.3) is 0 Å². The van der Waals surface area contributed by atoms with Crippen LogP contribution < -0.4 is 10.1 Å². The van der Waals surface area contributed by atoms with Gasteiger partial charge in [0.2, 0.25) is 11.2 Å². The van der Waals surface area contributed by atoms with Gasteiger partial charge in [0.1, 0.15) is 0 Å². The number of nitrogens with zero attached hydrogens (tertiary/aromatic N) is 3. The summed E-state index contributed by atoms with van der Waals surface area (Å²) in [6, 6.07) is 8.57. The molecule has 0 saturated heterocycles. The van der Waals surface area contributed by atoms with Crippen LogP contribution in [0.3, 0.4) is 0 Å². The van der Waals surface area contributed by atoms with Crippen molar-refractivity contribution in [2.75, 3.05) is 12.4 Å². The molecule has 1 aromatic heterocycles. The standard InChI is InChI=1S/C13H15ClN4O/c1-3-9-4-6-10(7-5-9)8-15-12-16-11(14)17-13(18-12)19-2/h4-7H,3,8H2,1-2H3,(H,15,16,17,18). The van der Waals surface area contributed by atoms with E-state index in [1.807, 2.05) is 0 Å².